The van der Waals surface area contributed by atoms with Gasteiger partial charge in [-0.2, -0.15) is 5.26 Å². The first-order valence-electron chi connectivity index (χ1n) is 39.7. The fourth-order valence-electron chi connectivity index (χ4n) is 15.7. The number of para-hydroxylation sites is 1. The van der Waals surface area contributed by atoms with Gasteiger partial charge in [-0.1, -0.05) is 279 Å². The Kier molecular flexibility index (Phi) is 22.5. The molecule has 16 aromatic carbocycles. The number of aryl methyl sites for hydroxylation is 12. The van der Waals surface area contributed by atoms with Gasteiger partial charge in [-0.05, 0) is 279 Å². The van der Waals surface area contributed by atoms with Gasteiger partial charge in [0.1, 0.15) is 5.82 Å². The summed E-state index contributed by atoms with van der Waals surface area (Å²) in [7, 11) is 0. The second-order valence-corrected chi connectivity index (χ2v) is 31.1. The van der Waals surface area contributed by atoms with Crippen LogP contribution < -0.4 is 0 Å². The number of hydrogen-bond donors (Lipinski definition) is 0. The maximum Gasteiger partial charge on any atom is 0.123 e. The Morgan fingerprint density at radius 2 is 0.443 bits per heavy atom. The van der Waals surface area contributed by atoms with Crippen LogP contribution in [0.2, 0.25) is 0 Å². The molecular weight excluding hydrogens is 1400 g/mol. The van der Waals surface area contributed by atoms with Gasteiger partial charge in [0.05, 0.1) is 44.7 Å². The lowest BCUT2D eigenvalue weighted by Crippen LogP contribution is -1.93. The topological polar surface area (TPSA) is 38.6 Å². The van der Waals surface area contributed by atoms with Crippen LogP contribution in [0.3, 0.4) is 0 Å². The second-order valence-electron chi connectivity index (χ2n) is 31.1. The Labute approximate surface area is 676 Å². The molecule has 0 bridgehead atoms. The number of benzene rings is 16. The highest BCUT2D eigenvalue weighted by atomic mass is 19.1. The van der Waals surface area contributed by atoms with Crippen molar-refractivity contribution in [2.75, 3.05) is 0 Å². The molecule has 1 aliphatic rings. The molecule has 5 heteroatoms. The number of rotatable bonds is 6. The molecule has 0 spiro atoms. The fourth-order valence-corrected chi connectivity index (χ4v) is 15.7. The average molecular weight is 1490 g/mol. The zero-order valence-electron chi connectivity index (χ0n) is 67.8. The summed E-state index contributed by atoms with van der Waals surface area (Å²) in [5.41, 5.74) is 40.2. The van der Waals surface area contributed by atoms with Gasteiger partial charge in [-0.3, -0.25) is 0 Å². The van der Waals surface area contributed by atoms with Crippen molar-refractivity contribution in [2.24, 2.45) is 0 Å². The number of fused-ring (bicyclic) bond motifs is 12. The number of halogens is 1. The number of hydrogen-bond acceptors (Lipinski definition) is 1. The summed E-state index contributed by atoms with van der Waals surface area (Å²) in [6, 6.07) is 124. The Hall–Kier alpha value is -13.7. The fraction of sp³-hybridized carbons (Fsp3) is 0.118. The van der Waals surface area contributed by atoms with Crippen LogP contribution in [0.1, 0.15) is 83.5 Å². The molecule has 4 nitrogen and oxygen atoms in total. The third kappa shape index (κ3) is 17.1. The van der Waals surface area contributed by atoms with Crippen LogP contribution in [0.25, 0.3) is 127 Å². The van der Waals surface area contributed by atoms with Crippen LogP contribution in [0.5, 0.6) is 0 Å². The van der Waals surface area contributed by atoms with Crippen LogP contribution in [0, 0.1) is 100 Å². The predicted molar refractivity (Wildman–Crippen MR) is 488 cm³/mol. The molecular formula is C110H95FN4. The van der Waals surface area contributed by atoms with E-state index in [0.717, 1.165) is 28.8 Å². The van der Waals surface area contributed by atoms with Crippen molar-refractivity contribution in [2.45, 2.75) is 89.5 Å². The molecule has 0 radical (unpaired) electrons. The number of nitrogens with zero attached hydrogens (tertiary/aromatic N) is 4. The molecule has 0 unspecified atom stereocenters. The first kappa shape index (κ1) is 76.7. The quantitative estimate of drug-likeness (QED) is 0.163. The molecule has 20 rings (SSSR count). The zero-order valence-corrected chi connectivity index (χ0v) is 67.8. The minimum Gasteiger partial charge on any atom is -0.309 e. The highest BCUT2D eigenvalue weighted by Crippen LogP contribution is 2.40. The molecule has 0 atom stereocenters. The molecule has 0 aliphatic heterocycles. The highest BCUT2D eigenvalue weighted by Gasteiger charge is 2.20. The lowest BCUT2D eigenvalue weighted by molar-refractivity contribution is 0.627. The van der Waals surface area contributed by atoms with Crippen molar-refractivity contribution in [3.63, 3.8) is 0 Å². The molecule has 115 heavy (non-hydrogen) atoms. The maximum absolute atomic E-state index is 13.3. The zero-order chi connectivity index (χ0) is 80.0. The van der Waals surface area contributed by atoms with E-state index in [2.05, 4.69) is 400 Å². The van der Waals surface area contributed by atoms with Gasteiger partial charge in [0.15, 0.2) is 0 Å². The van der Waals surface area contributed by atoms with Crippen molar-refractivity contribution in [3.05, 3.63) is 435 Å². The predicted octanol–water partition coefficient (Wildman–Crippen LogP) is 29.7. The minimum atomic E-state index is -0.212. The molecule has 3 heterocycles. The van der Waals surface area contributed by atoms with Gasteiger partial charge < -0.3 is 13.7 Å². The Morgan fingerprint density at radius 3 is 0.704 bits per heavy atom. The molecule has 562 valence electrons. The van der Waals surface area contributed by atoms with Gasteiger partial charge >= 0.3 is 0 Å². The summed E-state index contributed by atoms with van der Waals surface area (Å²) in [6.45, 7) is 25.5. The van der Waals surface area contributed by atoms with Crippen molar-refractivity contribution in [1.82, 2.24) is 13.7 Å². The monoisotopic (exact) mass is 1490 g/mol. The van der Waals surface area contributed by atoms with E-state index in [-0.39, 0.29) is 5.82 Å². The molecule has 0 amide bonds. The van der Waals surface area contributed by atoms with Crippen LogP contribution in [0.4, 0.5) is 4.39 Å². The Bertz CT molecular complexity index is 6410. The lowest BCUT2D eigenvalue weighted by atomic mass is 9.99. The van der Waals surface area contributed by atoms with Crippen molar-refractivity contribution < 1.29 is 4.39 Å². The largest absolute Gasteiger partial charge is 0.309 e. The summed E-state index contributed by atoms with van der Waals surface area (Å²) in [6.07, 6.45) is 1.10. The summed E-state index contributed by atoms with van der Waals surface area (Å²) < 4.78 is 20.1. The van der Waals surface area contributed by atoms with E-state index >= 15 is 0 Å². The lowest BCUT2D eigenvalue weighted by Gasteiger charge is -2.08. The van der Waals surface area contributed by atoms with Crippen LogP contribution in [-0.2, 0) is 6.42 Å². The second kappa shape index (κ2) is 33.7. The van der Waals surface area contributed by atoms with E-state index in [1.54, 1.807) is 0 Å². The van der Waals surface area contributed by atoms with Crippen molar-refractivity contribution in [3.8, 4) is 67.6 Å². The van der Waals surface area contributed by atoms with E-state index < -0.39 is 0 Å². The van der Waals surface area contributed by atoms with E-state index in [9.17, 15) is 4.39 Å². The average Bonchev–Trinajstić information content (AvgIpc) is 1.61. The van der Waals surface area contributed by atoms with E-state index in [0.29, 0.717) is 5.56 Å². The van der Waals surface area contributed by atoms with Gasteiger partial charge in [-0.25, -0.2) is 4.39 Å². The van der Waals surface area contributed by atoms with E-state index in [4.69, 9.17) is 5.26 Å². The summed E-state index contributed by atoms with van der Waals surface area (Å²) in [5.74, 6) is -0.212. The van der Waals surface area contributed by atoms with Crippen LogP contribution in [-0.4, -0.2) is 13.7 Å². The first-order valence-corrected chi connectivity index (χ1v) is 39.7. The Balaban J connectivity index is 0.000000109. The third-order valence-electron chi connectivity index (χ3n) is 21.9. The molecule has 0 fully saturated rings. The minimum absolute atomic E-state index is 0.212. The first-order chi connectivity index (χ1) is 55.7. The van der Waals surface area contributed by atoms with Crippen molar-refractivity contribution >= 4 is 65.4 Å². The Morgan fingerprint density at radius 1 is 0.226 bits per heavy atom. The van der Waals surface area contributed by atoms with Gasteiger partial charge in [0, 0.05) is 49.4 Å². The van der Waals surface area contributed by atoms with Gasteiger partial charge in [0.2, 0.25) is 0 Å². The van der Waals surface area contributed by atoms with Crippen LogP contribution in [0.15, 0.2) is 346 Å². The summed E-state index contributed by atoms with van der Waals surface area (Å²) in [4.78, 5) is 0. The standard InChI is InChI=1S/C21H16N2.C20H16FN.C20H17N.C20H18.C15H14.C14H14/c1-14-3-9-20-18(11-14)19-12-15(2)4-10-21(19)23(20)17-7-5-16(13-22)6-8-17;1-13-3-9-19-17(11-13)18-12-14(2)4-10-20(18)22(19)16-7-5-15(21)6-8-16;1-14-8-10-19-17(12-14)18-13-15(2)9-11-20(18)21(19)16-6-4-3-5-7-16;1-15-3-7-17(8-4-15)19-11-13-20(14-12-19)18-9-5-16(2)6-10-18;1-10-3-5-12-9-13-6-4-11(2)8-15(13)14(12)7-10;1-11-3-7-13(8-4-11)14-9-5-12(2)6-10-14/h3-12H,1-2H3;3-12H,1-2H3;3-13H,1-2H3;3-14H,1-2H3;3-8H,9H2,1-2H3;3-10H,1-2H3. The smallest absolute Gasteiger partial charge is 0.123 e. The number of aromatic nitrogens is 3. The normalized spacial score (nSPS) is 11.1. The summed E-state index contributed by atoms with van der Waals surface area (Å²) in [5, 5.41) is 16.7. The molecule has 3 aromatic heterocycles. The molecule has 0 N–H and O–H groups in total. The molecule has 0 saturated carbocycles. The van der Waals surface area contributed by atoms with Gasteiger partial charge in [0.25, 0.3) is 0 Å². The van der Waals surface area contributed by atoms with Gasteiger partial charge in [-0.15, -0.1) is 0 Å². The molecule has 19 aromatic rings. The molecule has 1 aliphatic carbocycles. The van der Waals surface area contributed by atoms with Crippen LogP contribution >= 0.6 is 0 Å². The number of nitriles is 1. The maximum atomic E-state index is 13.3. The van der Waals surface area contributed by atoms with Crippen molar-refractivity contribution in [1.29, 1.82) is 5.26 Å². The third-order valence-corrected chi connectivity index (χ3v) is 21.9. The van der Waals surface area contributed by atoms with E-state index in [1.807, 2.05) is 36.4 Å². The SMILES string of the molecule is Cc1ccc(-c2ccc(-c3ccc(C)cc3)cc2)cc1.Cc1ccc(-c2ccc(C)cc2)cc1.Cc1ccc2c(c1)-c1cc(C)ccc1C2.Cc1ccc2c(c1)c1cc(C)ccc1n2-c1ccc(C#N)cc1.Cc1ccc2c(c1)c1cc(C)ccc1n2-c1ccc(F)cc1.Cc1ccc2c(c1)c1cc(C)ccc1n2-c1ccccc1. The molecule has 0 saturated heterocycles. The van der Waals surface area contributed by atoms with E-state index in [1.165, 1.54) is 195 Å². The highest BCUT2D eigenvalue weighted by molar-refractivity contribution is 6.12. The summed E-state index contributed by atoms with van der Waals surface area (Å²) >= 11 is 0.